The zero-order valence-corrected chi connectivity index (χ0v) is 21.3. The summed E-state index contributed by atoms with van der Waals surface area (Å²) in [5, 5.41) is 5.15. The minimum Gasteiger partial charge on any atom is -0.309 e. The molecule has 1 aliphatic rings. The van der Waals surface area contributed by atoms with Crippen LogP contribution >= 0.6 is 0 Å². The van der Waals surface area contributed by atoms with E-state index in [0.717, 1.165) is 6.42 Å². The molecule has 0 saturated heterocycles. The smallest absolute Gasteiger partial charge is 0.0541 e. The number of aromatic nitrogens is 2. The molecule has 0 saturated carbocycles. The van der Waals surface area contributed by atoms with E-state index in [4.69, 9.17) is 0 Å². The Labute approximate surface area is 226 Å². The molecule has 9 rings (SSSR count). The minimum absolute atomic E-state index is 0.940. The van der Waals surface area contributed by atoms with Crippen LogP contribution in [0.3, 0.4) is 0 Å². The molecule has 0 bridgehead atoms. The Morgan fingerprint density at radius 1 is 0.410 bits per heavy atom. The second-order valence-corrected chi connectivity index (χ2v) is 10.6. The van der Waals surface area contributed by atoms with Crippen molar-refractivity contribution in [1.82, 2.24) is 9.13 Å². The van der Waals surface area contributed by atoms with Gasteiger partial charge >= 0.3 is 0 Å². The first-order valence-corrected chi connectivity index (χ1v) is 13.6. The lowest BCUT2D eigenvalue weighted by molar-refractivity contribution is 1.10. The van der Waals surface area contributed by atoms with Crippen molar-refractivity contribution in [2.75, 3.05) is 0 Å². The van der Waals surface area contributed by atoms with Gasteiger partial charge in [0.25, 0.3) is 0 Å². The zero-order chi connectivity index (χ0) is 25.5. The second-order valence-electron chi connectivity index (χ2n) is 10.6. The van der Waals surface area contributed by atoms with Gasteiger partial charge in [-0.05, 0) is 58.7 Å². The van der Waals surface area contributed by atoms with Gasteiger partial charge in [0.1, 0.15) is 0 Å². The van der Waals surface area contributed by atoms with Gasteiger partial charge in [-0.25, -0.2) is 0 Å². The predicted molar refractivity (Wildman–Crippen MR) is 163 cm³/mol. The lowest BCUT2D eigenvalue weighted by atomic mass is 10.0. The SMILES string of the molecule is c1ccc2c(c1)Cc1c-2cc(-n2c3ccccc3c3ccccc32)cc1-n1c2ccccc2c2ccccc21. The first-order valence-electron chi connectivity index (χ1n) is 13.6. The van der Waals surface area contributed by atoms with Crippen LogP contribution in [0.2, 0.25) is 0 Å². The molecule has 2 nitrogen and oxygen atoms in total. The van der Waals surface area contributed by atoms with E-state index < -0.39 is 0 Å². The summed E-state index contributed by atoms with van der Waals surface area (Å²) in [6, 6.07) is 48.9. The molecule has 1 aliphatic carbocycles. The van der Waals surface area contributed by atoms with Crippen molar-refractivity contribution in [2.24, 2.45) is 0 Å². The van der Waals surface area contributed by atoms with Crippen molar-refractivity contribution in [1.29, 1.82) is 0 Å². The van der Waals surface area contributed by atoms with E-state index in [9.17, 15) is 0 Å². The Morgan fingerprint density at radius 2 is 0.872 bits per heavy atom. The maximum absolute atomic E-state index is 2.49. The number of hydrogen-bond donors (Lipinski definition) is 0. The molecule has 182 valence electrons. The molecule has 0 radical (unpaired) electrons. The molecule has 0 N–H and O–H groups in total. The fourth-order valence-electron chi connectivity index (χ4n) is 6.91. The quantitative estimate of drug-likeness (QED) is 0.226. The third-order valence-electron chi connectivity index (χ3n) is 8.55. The Hall–Kier alpha value is -5.08. The summed E-state index contributed by atoms with van der Waals surface area (Å²) in [4.78, 5) is 0. The number of rotatable bonds is 2. The second kappa shape index (κ2) is 7.72. The molecule has 6 aromatic carbocycles. The highest BCUT2D eigenvalue weighted by molar-refractivity contribution is 6.11. The van der Waals surface area contributed by atoms with Gasteiger partial charge in [-0.2, -0.15) is 0 Å². The average Bonchev–Trinajstić information content (AvgIpc) is 3.65. The van der Waals surface area contributed by atoms with E-state index in [2.05, 4.69) is 143 Å². The molecule has 39 heavy (non-hydrogen) atoms. The molecule has 2 aromatic heterocycles. The summed E-state index contributed by atoms with van der Waals surface area (Å²) in [6.45, 7) is 0. The molecule has 2 heteroatoms. The molecule has 0 amide bonds. The number of fused-ring (bicyclic) bond motifs is 9. The molecule has 2 heterocycles. The van der Waals surface area contributed by atoms with Crippen molar-refractivity contribution in [2.45, 2.75) is 6.42 Å². The fourth-order valence-corrected chi connectivity index (χ4v) is 6.91. The van der Waals surface area contributed by atoms with Gasteiger partial charge in [0, 0.05) is 33.7 Å². The molecule has 8 aromatic rings. The van der Waals surface area contributed by atoms with Crippen LogP contribution in [0.1, 0.15) is 11.1 Å². The van der Waals surface area contributed by atoms with E-state index in [1.807, 2.05) is 0 Å². The van der Waals surface area contributed by atoms with Gasteiger partial charge in [0.05, 0.1) is 27.8 Å². The lowest BCUT2D eigenvalue weighted by Crippen LogP contribution is -2.03. The third kappa shape index (κ3) is 2.81. The van der Waals surface area contributed by atoms with Crippen LogP contribution in [0.25, 0.3) is 66.1 Å². The third-order valence-corrected chi connectivity index (χ3v) is 8.55. The fraction of sp³-hybridized carbons (Fsp3) is 0.0270. The van der Waals surface area contributed by atoms with Gasteiger partial charge < -0.3 is 9.13 Å². The molecule has 0 unspecified atom stereocenters. The minimum atomic E-state index is 0.940. The maximum Gasteiger partial charge on any atom is 0.0541 e. The monoisotopic (exact) mass is 496 g/mol. The van der Waals surface area contributed by atoms with E-state index >= 15 is 0 Å². The number of para-hydroxylation sites is 4. The molecule has 0 fully saturated rings. The Balaban J connectivity index is 1.46. The standard InChI is InChI=1S/C37H24N2/c1-2-12-26-24(11-1)21-32-31(26)22-25(38-33-17-7-3-13-27(33)28-14-4-8-18-34(28)38)23-37(32)39-35-19-9-5-15-29(35)30-16-6-10-20-36(30)39/h1-20,22-23H,21H2. The number of hydrogen-bond acceptors (Lipinski definition) is 0. The highest BCUT2D eigenvalue weighted by Gasteiger charge is 2.25. The van der Waals surface area contributed by atoms with Crippen LogP contribution in [-0.4, -0.2) is 9.13 Å². The van der Waals surface area contributed by atoms with E-state index in [0.29, 0.717) is 0 Å². The number of nitrogens with zero attached hydrogens (tertiary/aromatic N) is 2. The normalized spacial score (nSPS) is 12.5. The number of benzene rings is 6. The largest absolute Gasteiger partial charge is 0.309 e. The lowest BCUT2D eigenvalue weighted by Gasteiger charge is -2.17. The highest BCUT2D eigenvalue weighted by Crippen LogP contribution is 2.44. The van der Waals surface area contributed by atoms with Crippen LogP contribution in [0.4, 0.5) is 0 Å². The first-order chi connectivity index (χ1) is 19.4. The van der Waals surface area contributed by atoms with Crippen molar-refractivity contribution >= 4 is 43.6 Å². The maximum atomic E-state index is 2.49. The topological polar surface area (TPSA) is 9.86 Å². The molecule has 0 atom stereocenters. The van der Waals surface area contributed by atoms with Crippen LogP contribution in [0.5, 0.6) is 0 Å². The molecule has 0 aliphatic heterocycles. The summed E-state index contributed by atoms with van der Waals surface area (Å²) in [5.74, 6) is 0. The van der Waals surface area contributed by atoms with E-state index in [1.165, 1.54) is 77.2 Å². The average molecular weight is 497 g/mol. The van der Waals surface area contributed by atoms with Gasteiger partial charge in [0.15, 0.2) is 0 Å². The van der Waals surface area contributed by atoms with Crippen LogP contribution < -0.4 is 0 Å². The van der Waals surface area contributed by atoms with E-state index in [1.54, 1.807) is 0 Å². The highest BCUT2D eigenvalue weighted by atomic mass is 15.0. The summed E-state index contributed by atoms with van der Waals surface area (Å²) in [6.07, 6.45) is 0.940. The summed E-state index contributed by atoms with van der Waals surface area (Å²) < 4.78 is 4.94. The van der Waals surface area contributed by atoms with Crippen LogP contribution in [-0.2, 0) is 6.42 Å². The van der Waals surface area contributed by atoms with Gasteiger partial charge in [-0.3, -0.25) is 0 Å². The molecular formula is C37H24N2. The molecule has 0 spiro atoms. The summed E-state index contributed by atoms with van der Waals surface area (Å²) in [5.41, 5.74) is 12.9. The van der Waals surface area contributed by atoms with Crippen LogP contribution in [0, 0.1) is 0 Å². The first kappa shape index (κ1) is 20.9. The van der Waals surface area contributed by atoms with Gasteiger partial charge in [-0.15, -0.1) is 0 Å². The summed E-state index contributed by atoms with van der Waals surface area (Å²) >= 11 is 0. The van der Waals surface area contributed by atoms with Crippen molar-refractivity contribution in [3.05, 3.63) is 145 Å². The molecular weight excluding hydrogens is 472 g/mol. The summed E-state index contributed by atoms with van der Waals surface area (Å²) in [7, 11) is 0. The van der Waals surface area contributed by atoms with E-state index in [-0.39, 0.29) is 0 Å². The van der Waals surface area contributed by atoms with Crippen molar-refractivity contribution in [3.8, 4) is 22.5 Å². The van der Waals surface area contributed by atoms with Crippen LogP contribution in [0.15, 0.2) is 133 Å². The van der Waals surface area contributed by atoms with Crippen molar-refractivity contribution < 1.29 is 0 Å². The Bertz CT molecular complexity index is 2150. The zero-order valence-electron chi connectivity index (χ0n) is 21.3. The Kier molecular flexibility index (Phi) is 4.14. The Morgan fingerprint density at radius 3 is 1.44 bits per heavy atom. The van der Waals surface area contributed by atoms with Crippen molar-refractivity contribution in [3.63, 3.8) is 0 Å². The predicted octanol–water partition coefficient (Wildman–Crippen LogP) is 9.45. The van der Waals surface area contributed by atoms with Gasteiger partial charge in [-0.1, -0.05) is 97.1 Å². The van der Waals surface area contributed by atoms with Gasteiger partial charge in [0.2, 0.25) is 0 Å².